The zero-order valence-electron chi connectivity index (χ0n) is 24.3. The monoisotopic (exact) mass is 546 g/mol. The van der Waals surface area contributed by atoms with E-state index in [2.05, 4.69) is 75.4 Å². The molecule has 6 heteroatoms. The molecule has 0 bridgehead atoms. The zero-order valence-corrected chi connectivity index (χ0v) is 24.3. The molecule has 0 N–H and O–H groups in total. The first-order valence-electron chi connectivity index (χ1n) is 14.1. The largest absolute Gasteiger partial charge is 0.497 e. The summed E-state index contributed by atoms with van der Waals surface area (Å²) in [6, 6.07) is 16.8. The molecule has 214 valence electrons. The van der Waals surface area contributed by atoms with Gasteiger partial charge in [0.1, 0.15) is 24.7 Å². The molecule has 2 aromatic rings. The highest BCUT2D eigenvalue weighted by Gasteiger charge is 2.29. The topological polar surface area (TPSA) is 62.0 Å². The predicted octanol–water partition coefficient (Wildman–Crippen LogP) is 7.45. The van der Waals surface area contributed by atoms with Gasteiger partial charge in [-0.2, -0.15) is 0 Å². The van der Waals surface area contributed by atoms with Crippen molar-refractivity contribution in [2.75, 3.05) is 34.0 Å². The van der Waals surface area contributed by atoms with Gasteiger partial charge in [-0.1, -0.05) is 68.0 Å². The fourth-order valence-corrected chi connectivity index (χ4v) is 4.78. The molecule has 0 radical (unpaired) electrons. The van der Waals surface area contributed by atoms with Crippen LogP contribution in [0.15, 0.2) is 95.8 Å². The van der Waals surface area contributed by atoms with Crippen LogP contribution in [0.5, 0.6) is 11.5 Å². The highest BCUT2D eigenvalue weighted by atomic mass is 16.8. The van der Waals surface area contributed by atoms with Gasteiger partial charge in [0.2, 0.25) is 6.29 Å². The molecule has 4 rings (SSSR count). The van der Waals surface area contributed by atoms with Crippen molar-refractivity contribution < 1.29 is 28.4 Å². The Morgan fingerprint density at radius 2 is 1.43 bits per heavy atom. The molecule has 4 atom stereocenters. The second-order valence-corrected chi connectivity index (χ2v) is 9.89. The summed E-state index contributed by atoms with van der Waals surface area (Å²) in [6.07, 6.45) is 12.4. The van der Waals surface area contributed by atoms with Crippen molar-refractivity contribution in [3.05, 3.63) is 107 Å². The Morgan fingerprint density at radius 1 is 0.850 bits per heavy atom. The Labute approximate surface area is 238 Å². The summed E-state index contributed by atoms with van der Waals surface area (Å²) in [5.41, 5.74) is 4.85. The number of hydrogen-bond donors (Lipinski definition) is 0. The van der Waals surface area contributed by atoms with Gasteiger partial charge in [0.25, 0.3) is 0 Å². The number of methoxy groups -OCH3 is 2. The molecule has 40 heavy (non-hydrogen) atoms. The molecule has 0 spiro atoms. The number of ether oxygens (including phenoxy) is 6. The van der Waals surface area contributed by atoms with Crippen molar-refractivity contribution >= 4 is 0 Å². The first-order valence-corrected chi connectivity index (χ1v) is 14.1. The van der Waals surface area contributed by atoms with Crippen molar-refractivity contribution in [1.29, 1.82) is 0 Å². The first-order chi connectivity index (χ1) is 19.6. The van der Waals surface area contributed by atoms with Gasteiger partial charge in [-0.25, -0.2) is 0 Å². The molecule has 2 aliphatic heterocycles. The third-order valence-corrected chi connectivity index (χ3v) is 7.03. The average Bonchev–Trinajstić information content (AvgIpc) is 3.92. The predicted molar refractivity (Wildman–Crippen MR) is 158 cm³/mol. The summed E-state index contributed by atoms with van der Waals surface area (Å²) in [7, 11) is 3.39. The summed E-state index contributed by atoms with van der Waals surface area (Å²) in [6.45, 7) is 8.30. The van der Waals surface area contributed by atoms with E-state index in [-0.39, 0.29) is 24.4 Å². The molecular weight excluding hydrogens is 504 g/mol. The molecule has 0 saturated carbocycles. The molecule has 0 aromatic heterocycles. The molecule has 0 aliphatic carbocycles. The maximum absolute atomic E-state index is 5.94. The van der Waals surface area contributed by atoms with E-state index in [9.17, 15) is 0 Å². The van der Waals surface area contributed by atoms with Crippen LogP contribution in [0.1, 0.15) is 56.6 Å². The van der Waals surface area contributed by atoms with Gasteiger partial charge in [0.15, 0.2) is 6.29 Å². The lowest BCUT2D eigenvalue weighted by Crippen LogP contribution is -2.15. The van der Waals surface area contributed by atoms with Crippen LogP contribution in [0.4, 0.5) is 0 Å². The number of allylic oxidation sites excluding steroid dienone is 7. The first kappa shape index (κ1) is 29.7. The van der Waals surface area contributed by atoms with Crippen molar-refractivity contribution in [3.8, 4) is 11.5 Å². The highest BCUT2D eigenvalue weighted by Crippen LogP contribution is 2.44. The molecule has 0 amide bonds. The number of rotatable bonds is 16. The van der Waals surface area contributed by atoms with Crippen molar-refractivity contribution in [3.63, 3.8) is 0 Å². The summed E-state index contributed by atoms with van der Waals surface area (Å²) < 4.78 is 33.1. The van der Waals surface area contributed by atoms with Crippen molar-refractivity contribution in [1.82, 2.24) is 0 Å². The SMILES string of the molecule is CCC=C(C=CCOC1CO1)C(c1ccc(OC)cc1)C(C(C)=CC=C(CC)OC1CO1)c1ccc(OC)cc1. The van der Waals surface area contributed by atoms with E-state index in [1.54, 1.807) is 14.2 Å². The van der Waals surface area contributed by atoms with Crippen LogP contribution in [0.3, 0.4) is 0 Å². The molecule has 2 fully saturated rings. The molecule has 4 unspecified atom stereocenters. The van der Waals surface area contributed by atoms with Crippen LogP contribution in [0, 0.1) is 0 Å². The Bertz CT molecular complexity index is 1180. The van der Waals surface area contributed by atoms with Gasteiger partial charge in [-0.15, -0.1) is 0 Å². The highest BCUT2D eigenvalue weighted by molar-refractivity contribution is 5.47. The van der Waals surface area contributed by atoms with Gasteiger partial charge in [0.05, 0.1) is 26.6 Å². The normalized spacial score (nSPS) is 20.8. The summed E-state index contributed by atoms with van der Waals surface area (Å²) in [5.74, 6) is 2.66. The second kappa shape index (κ2) is 14.9. The molecule has 2 aliphatic rings. The molecule has 6 nitrogen and oxygen atoms in total. The van der Waals surface area contributed by atoms with Crippen LogP contribution >= 0.6 is 0 Å². The Morgan fingerprint density at radius 3 is 1.93 bits per heavy atom. The van der Waals surface area contributed by atoms with Gasteiger partial charge >= 0.3 is 0 Å². The quantitative estimate of drug-likeness (QED) is 0.124. The summed E-state index contributed by atoms with van der Waals surface area (Å²) in [4.78, 5) is 0. The van der Waals surface area contributed by atoms with E-state index < -0.39 is 0 Å². The fourth-order valence-electron chi connectivity index (χ4n) is 4.78. The van der Waals surface area contributed by atoms with E-state index in [4.69, 9.17) is 28.4 Å². The van der Waals surface area contributed by atoms with Crippen molar-refractivity contribution in [2.24, 2.45) is 0 Å². The van der Waals surface area contributed by atoms with E-state index in [1.807, 2.05) is 24.3 Å². The Hall–Kier alpha value is -3.32. The van der Waals surface area contributed by atoms with Gasteiger partial charge in [-0.05, 0) is 60.4 Å². The Balaban J connectivity index is 1.79. The lowest BCUT2D eigenvalue weighted by atomic mass is 9.73. The third-order valence-electron chi connectivity index (χ3n) is 7.03. The molecule has 2 aromatic carbocycles. The maximum Gasteiger partial charge on any atom is 0.223 e. The van der Waals surface area contributed by atoms with E-state index in [1.165, 1.54) is 22.3 Å². The van der Waals surface area contributed by atoms with Crippen LogP contribution in [0.2, 0.25) is 0 Å². The Kier molecular flexibility index (Phi) is 11.0. The average molecular weight is 547 g/mol. The van der Waals surface area contributed by atoms with Gasteiger partial charge in [0, 0.05) is 18.3 Å². The number of hydrogen-bond acceptors (Lipinski definition) is 6. The minimum Gasteiger partial charge on any atom is -0.497 e. The maximum atomic E-state index is 5.94. The lowest BCUT2D eigenvalue weighted by molar-refractivity contribution is 0.0695. The second-order valence-electron chi connectivity index (χ2n) is 9.89. The standard InChI is InChI=1S/C34H42O6/c1-6-9-25(10-8-21-37-31-22-38-31)34(27-14-19-30(36-5)20-15-27)33(26-12-17-29(35-4)18-13-26)24(3)11-16-28(7-2)40-32-23-39-32/h8-20,31-34H,6-7,21-23H2,1-5H3. The van der Waals surface area contributed by atoms with Crippen molar-refractivity contribution in [2.45, 2.75) is 58.0 Å². The summed E-state index contributed by atoms with van der Waals surface area (Å²) in [5, 5.41) is 0. The minimum atomic E-state index is -0.114. The van der Waals surface area contributed by atoms with Gasteiger partial charge < -0.3 is 28.4 Å². The van der Waals surface area contributed by atoms with Gasteiger partial charge in [-0.3, -0.25) is 0 Å². The van der Waals surface area contributed by atoms with Crippen LogP contribution in [-0.2, 0) is 18.9 Å². The number of benzene rings is 2. The van der Waals surface area contributed by atoms with Crippen LogP contribution in [-0.4, -0.2) is 46.6 Å². The zero-order chi connectivity index (χ0) is 28.3. The molecule has 2 saturated heterocycles. The van der Waals surface area contributed by atoms with E-state index in [0.29, 0.717) is 19.8 Å². The van der Waals surface area contributed by atoms with E-state index >= 15 is 0 Å². The molecular formula is C34H42O6. The fraction of sp³-hybridized carbons (Fsp3) is 0.412. The minimum absolute atomic E-state index is 0.0371. The number of epoxide rings is 2. The van der Waals surface area contributed by atoms with Crippen LogP contribution in [0.25, 0.3) is 0 Å². The lowest BCUT2D eigenvalue weighted by Gasteiger charge is -2.31. The third kappa shape index (κ3) is 8.59. The smallest absolute Gasteiger partial charge is 0.223 e. The van der Waals surface area contributed by atoms with E-state index in [0.717, 1.165) is 30.1 Å². The molecule has 2 heterocycles. The summed E-state index contributed by atoms with van der Waals surface area (Å²) >= 11 is 0. The van der Waals surface area contributed by atoms with Crippen LogP contribution < -0.4 is 9.47 Å².